The summed E-state index contributed by atoms with van der Waals surface area (Å²) in [7, 11) is 0. The van der Waals surface area contributed by atoms with Gasteiger partial charge in [-0.05, 0) is 54.6 Å². The Hall–Kier alpha value is -0.820. The maximum atomic E-state index is 12.0. The lowest BCUT2D eigenvalue weighted by atomic mass is 10.1. The van der Waals surface area contributed by atoms with Gasteiger partial charge in [0, 0.05) is 27.4 Å². The van der Waals surface area contributed by atoms with Crippen molar-refractivity contribution >= 4 is 33.5 Å². The third-order valence-corrected chi connectivity index (χ3v) is 4.26. The molecule has 2 N–H and O–H groups in total. The molecule has 0 amide bonds. The highest BCUT2D eigenvalue weighted by Gasteiger charge is 2.19. The Balaban J connectivity index is 2.19. The van der Waals surface area contributed by atoms with Crippen molar-refractivity contribution in [2.45, 2.75) is 18.9 Å². The van der Waals surface area contributed by atoms with Gasteiger partial charge in [-0.25, -0.2) is 0 Å². The van der Waals surface area contributed by atoms with E-state index >= 15 is 0 Å². The molecular formula is C12H14IN3O. The van der Waals surface area contributed by atoms with Crippen molar-refractivity contribution < 1.29 is 0 Å². The van der Waals surface area contributed by atoms with Crippen LogP contribution in [-0.2, 0) is 0 Å². The monoisotopic (exact) mass is 343 g/mol. The Morgan fingerprint density at radius 2 is 2.12 bits per heavy atom. The summed E-state index contributed by atoms with van der Waals surface area (Å²) in [5.41, 5.74) is 0.841. The summed E-state index contributed by atoms with van der Waals surface area (Å²) in [5, 5.41) is 4.42. The molecule has 0 radical (unpaired) electrons. The van der Waals surface area contributed by atoms with Crippen molar-refractivity contribution in [1.29, 1.82) is 0 Å². The Morgan fingerprint density at radius 1 is 1.35 bits per heavy atom. The predicted molar refractivity (Wildman–Crippen MR) is 76.4 cm³/mol. The van der Waals surface area contributed by atoms with E-state index in [4.69, 9.17) is 0 Å². The molecule has 0 atom stereocenters. The van der Waals surface area contributed by atoms with Gasteiger partial charge in [0.2, 0.25) is 0 Å². The second-order valence-corrected chi connectivity index (χ2v) is 5.60. The van der Waals surface area contributed by atoms with Crippen LogP contribution in [0.25, 0.3) is 10.9 Å². The lowest BCUT2D eigenvalue weighted by Gasteiger charge is -2.24. The number of nitrogens with one attached hydrogen (secondary N) is 2. The first kappa shape index (κ1) is 11.3. The van der Waals surface area contributed by atoms with Crippen LogP contribution in [0.3, 0.4) is 0 Å². The molecular weight excluding hydrogens is 329 g/mol. The molecule has 1 aliphatic heterocycles. The van der Waals surface area contributed by atoms with Crippen molar-refractivity contribution in [3.05, 3.63) is 32.4 Å². The lowest BCUT2D eigenvalue weighted by molar-refractivity contribution is 0.375. The van der Waals surface area contributed by atoms with Gasteiger partial charge in [0.25, 0.3) is 5.56 Å². The number of hydrogen-bond donors (Lipinski definition) is 2. The van der Waals surface area contributed by atoms with Crippen LogP contribution >= 0.6 is 22.6 Å². The molecule has 0 bridgehead atoms. The molecule has 0 aliphatic carbocycles. The van der Waals surface area contributed by atoms with E-state index in [9.17, 15) is 4.79 Å². The summed E-state index contributed by atoms with van der Waals surface area (Å²) in [5.74, 6) is 0. The SMILES string of the molecule is O=c1[nH]ccc2c(I)cn(C3CCNCC3)c12. The number of piperidine rings is 1. The number of halogens is 1. The number of nitrogens with zero attached hydrogens (tertiary/aromatic N) is 1. The second-order valence-electron chi connectivity index (χ2n) is 4.43. The number of hydrogen-bond acceptors (Lipinski definition) is 2. The summed E-state index contributed by atoms with van der Waals surface area (Å²) in [4.78, 5) is 14.7. The molecule has 2 aromatic rings. The molecule has 1 fully saturated rings. The molecule has 2 aromatic heterocycles. The molecule has 0 saturated carbocycles. The van der Waals surface area contributed by atoms with Gasteiger partial charge in [-0.15, -0.1) is 0 Å². The van der Waals surface area contributed by atoms with E-state index in [1.165, 1.54) is 0 Å². The fraction of sp³-hybridized carbons (Fsp3) is 0.417. The number of pyridine rings is 1. The van der Waals surface area contributed by atoms with Gasteiger partial charge in [0.1, 0.15) is 5.52 Å². The van der Waals surface area contributed by atoms with Gasteiger partial charge >= 0.3 is 0 Å². The van der Waals surface area contributed by atoms with E-state index in [1.54, 1.807) is 6.20 Å². The number of aromatic amines is 1. The molecule has 90 valence electrons. The molecule has 0 spiro atoms. The van der Waals surface area contributed by atoms with E-state index in [0.717, 1.165) is 40.4 Å². The van der Waals surface area contributed by atoms with E-state index in [1.807, 2.05) is 6.07 Å². The Bertz CT molecular complexity index is 595. The van der Waals surface area contributed by atoms with Crippen LogP contribution in [0.2, 0.25) is 0 Å². The van der Waals surface area contributed by atoms with Crippen LogP contribution in [0.15, 0.2) is 23.3 Å². The molecule has 0 aromatic carbocycles. The van der Waals surface area contributed by atoms with Gasteiger partial charge in [-0.3, -0.25) is 4.79 Å². The van der Waals surface area contributed by atoms with E-state index < -0.39 is 0 Å². The molecule has 5 heteroatoms. The van der Waals surface area contributed by atoms with Crippen molar-refractivity contribution in [2.75, 3.05) is 13.1 Å². The third-order valence-electron chi connectivity index (χ3n) is 3.40. The molecule has 3 heterocycles. The van der Waals surface area contributed by atoms with Crippen LogP contribution in [0.5, 0.6) is 0 Å². The Morgan fingerprint density at radius 3 is 2.88 bits per heavy atom. The van der Waals surface area contributed by atoms with E-state index in [-0.39, 0.29) is 5.56 Å². The summed E-state index contributed by atoms with van der Waals surface area (Å²) in [6.07, 6.45) is 6.01. The second kappa shape index (κ2) is 4.45. The normalized spacial score (nSPS) is 17.7. The minimum atomic E-state index is 0.0175. The first-order chi connectivity index (χ1) is 8.27. The van der Waals surface area contributed by atoms with Gasteiger partial charge in [0.05, 0.1) is 0 Å². The molecule has 3 rings (SSSR count). The first-order valence-electron chi connectivity index (χ1n) is 5.86. The predicted octanol–water partition coefficient (Wildman–Crippen LogP) is 1.86. The summed E-state index contributed by atoms with van der Waals surface area (Å²) < 4.78 is 3.32. The lowest BCUT2D eigenvalue weighted by Crippen LogP contribution is -2.30. The largest absolute Gasteiger partial charge is 0.339 e. The number of H-pyrrole nitrogens is 1. The summed E-state index contributed by atoms with van der Waals surface area (Å²) >= 11 is 2.30. The van der Waals surface area contributed by atoms with Crippen LogP contribution in [0, 0.1) is 3.57 Å². The summed E-state index contributed by atoms with van der Waals surface area (Å²) in [6, 6.07) is 2.43. The first-order valence-corrected chi connectivity index (χ1v) is 6.93. The van der Waals surface area contributed by atoms with Crippen molar-refractivity contribution in [3.63, 3.8) is 0 Å². The van der Waals surface area contributed by atoms with Crippen molar-refractivity contribution in [2.24, 2.45) is 0 Å². The third kappa shape index (κ3) is 1.91. The molecule has 1 saturated heterocycles. The molecule has 4 nitrogen and oxygen atoms in total. The molecule has 17 heavy (non-hydrogen) atoms. The van der Waals surface area contributed by atoms with E-state index in [2.05, 4.69) is 43.7 Å². The minimum absolute atomic E-state index is 0.0175. The topological polar surface area (TPSA) is 49.8 Å². The zero-order valence-electron chi connectivity index (χ0n) is 9.37. The fourth-order valence-corrected chi connectivity index (χ4v) is 3.28. The average Bonchev–Trinajstić information content (AvgIpc) is 2.70. The Labute approximate surface area is 113 Å². The van der Waals surface area contributed by atoms with Gasteiger partial charge in [0.15, 0.2) is 0 Å². The highest BCUT2D eigenvalue weighted by molar-refractivity contribution is 14.1. The highest BCUT2D eigenvalue weighted by atomic mass is 127. The average molecular weight is 343 g/mol. The van der Waals surface area contributed by atoms with Crippen LogP contribution < -0.4 is 10.9 Å². The van der Waals surface area contributed by atoms with Gasteiger partial charge < -0.3 is 14.9 Å². The minimum Gasteiger partial charge on any atom is -0.339 e. The van der Waals surface area contributed by atoms with Gasteiger partial charge in [-0.1, -0.05) is 0 Å². The number of fused-ring (bicyclic) bond motifs is 1. The number of aromatic nitrogens is 2. The van der Waals surface area contributed by atoms with Crippen molar-refractivity contribution in [3.8, 4) is 0 Å². The van der Waals surface area contributed by atoms with Crippen LogP contribution in [0.1, 0.15) is 18.9 Å². The number of rotatable bonds is 1. The van der Waals surface area contributed by atoms with E-state index in [0.29, 0.717) is 6.04 Å². The zero-order valence-corrected chi connectivity index (χ0v) is 11.5. The molecule has 1 aliphatic rings. The maximum Gasteiger partial charge on any atom is 0.272 e. The smallest absolute Gasteiger partial charge is 0.272 e. The zero-order chi connectivity index (χ0) is 11.8. The molecule has 0 unspecified atom stereocenters. The highest BCUT2D eigenvalue weighted by Crippen LogP contribution is 2.27. The summed E-state index contributed by atoms with van der Waals surface area (Å²) in [6.45, 7) is 2.07. The van der Waals surface area contributed by atoms with Crippen LogP contribution in [-0.4, -0.2) is 22.6 Å². The standard InChI is InChI=1S/C12H14IN3O/c13-10-7-16(8-1-4-14-5-2-8)11-9(10)3-6-15-12(11)17/h3,6-8,14H,1-2,4-5H2,(H,15,17). The Kier molecular flexibility index (Phi) is 2.96. The van der Waals surface area contributed by atoms with Crippen molar-refractivity contribution in [1.82, 2.24) is 14.9 Å². The fourth-order valence-electron chi connectivity index (χ4n) is 2.55. The maximum absolute atomic E-state index is 12.0. The van der Waals surface area contributed by atoms with Crippen LogP contribution in [0.4, 0.5) is 0 Å². The quantitative estimate of drug-likeness (QED) is 0.777. The van der Waals surface area contributed by atoms with Gasteiger partial charge in [-0.2, -0.15) is 0 Å².